The molecule has 1 saturated heterocycles. The summed E-state index contributed by atoms with van der Waals surface area (Å²) in [6.45, 7) is 3.48. The summed E-state index contributed by atoms with van der Waals surface area (Å²) in [5.41, 5.74) is 2.23. The van der Waals surface area contributed by atoms with E-state index < -0.39 is 0 Å². The molecule has 1 aliphatic rings. The van der Waals surface area contributed by atoms with Gasteiger partial charge in [0.1, 0.15) is 5.56 Å². The largest absolute Gasteiger partial charge is 0.462 e. The van der Waals surface area contributed by atoms with E-state index in [0.29, 0.717) is 18.8 Å². The minimum absolute atomic E-state index is 0.154. The van der Waals surface area contributed by atoms with Crippen molar-refractivity contribution in [3.63, 3.8) is 0 Å². The van der Waals surface area contributed by atoms with Crippen LogP contribution in [0.2, 0.25) is 0 Å². The van der Waals surface area contributed by atoms with Crippen molar-refractivity contribution in [3.8, 4) is 11.3 Å². The van der Waals surface area contributed by atoms with Gasteiger partial charge in [-0.2, -0.15) is 5.10 Å². The number of halogens is 1. The first-order chi connectivity index (χ1) is 10.7. The molecule has 5 nitrogen and oxygen atoms in total. The van der Waals surface area contributed by atoms with E-state index in [1.54, 1.807) is 13.1 Å². The van der Waals surface area contributed by atoms with Crippen LogP contribution < -0.4 is 0 Å². The van der Waals surface area contributed by atoms with Gasteiger partial charge in [-0.25, -0.2) is 4.79 Å². The Morgan fingerprint density at radius 2 is 2.23 bits per heavy atom. The van der Waals surface area contributed by atoms with Crippen molar-refractivity contribution in [2.75, 3.05) is 19.8 Å². The molecule has 1 fully saturated rings. The van der Waals surface area contributed by atoms with E-state index in [2.05, 4.69) is 21.0 Å². The van der Waals surface area contributed by atoms with E-state index in [4.69, 9.17) is 9.47 Å². The maximum atomic E-state index is 12.2. The van der Waals surface area contributed by atoms with Crippen LogP contribution in [0.15, 0.2) is 34.9 Å². The zero-order valence-corrected chi connectivity index (χ0v) is 13.9. The Hall–Kier alpha value is -1.66. The zero-order chi connectivity index (χ0) is 15.5. The molecule has 0 amide bonds. The van der Waals surface area contributed by atoms with Crippen molar-refractivity contribution in [1.29, 1.82) is 0 Å². The highest BCUT2D eigenvalue weighted by Gasteiger charge is 2.26. The molecule has 6 heteroatoms. The number of hydrogen-bond donors (Lipinski definition) is 0. The van der Waals surface area contributed by atoms with Crippen molar-refractivity contribution < 1.29 is 14.3 Å². The number of carbonyl (C=O) groups excluding carboxylic acids is 1. The Morgan fingerprint density at radius 1 is 1.45 bits per heavy atom. The van der Waals surface area contributed by atoms with Crippen LogP contribution >= 0.6 is 15.9 Å². The van der Waals surface area contributed by atoms with Crippen LogP contribution in [0.25, 0.3) is 11.3 Å². The second-order valence-corrected chi connectivity index (χ2v) is 6.01. The normalized spacial score (nSPS) is 17.6. The minimum atomic E-state index is -0.342. The zero-order valence-electron chi connectivity index (χ0n) is 12.3. The topological polar surface area (TPSA) is 53.3 Å². The molecule has 0 unspecified atom stereocenters. The molecule has 0 N–H and O–H groups in total. The smallest absolute Gasteiger partial charge is 0.341 e. The number of nitrogens with zero attached hydrogens (tertiary/aromatic N) is 2. The molecule has 3 rings (SSSR count). The summed E-state index contributed by atoms with van der Waals surface area (Å²) in [6, 6.07) is 7.99. The van der Waals surface area contributed by atoms with Crippen molar-refractivity contribution in [2.45, 2.75) is 19.4 Å². The van der Waals surface area contributed by atoms with Gasteiger partial charge in [0.25, 0.3) is 0 Å². The molecule has 0 aliphatic carbocycles. The molecule has 116 valence electrons. The monoisotopic (exact) mass is 364 g/mol. The first-order valence-electron chi connectivity index (χ1n) is 7.29. The average molecular weight is 365 g/mol. The van der Waals surface area contributed by atoms with Gasteiger partial charge in [-0.15, -0.1) is 0 Å². The lowest BCUT2D eigenvalue weighted by atomic mass is 10.1. The predicted molar refractivity (Wildman–Crippen MR) is 85.8 cm³/mol. The number of aromatic nitrogens is 2. The minimum Gasteiger partial charge on any atom is -0.462 e. The summed E-state index contributed by atoms with van der Waals surface area (Å²) in [7, 11) is 0. The van der Waals surface area contributed by atoms with Crippen LogP contribution in [0, 0.1) is 0 Å². The van der Waals surface area contributed by atoms with Crippen LogP contribution in [0.5, 0.6) is 0 Å². The van der Waals surface area contributed by atoms with Gasteiger partial charge in [0.15, 0.2) is 0 Å². The molecule has 0 spiro atoms. The van der Waals surface area contributed by atoms with Gasteiger partial charge >= 0.3 is 5.97 Å². The lowest BCUT2D eigenvalue weighted by Crippen LogP contribution is -2.13. The number of esters is 1. The van der Waals surface area contributed by atoms with E-state index >= 15 is 0 Å². The third-order valence-corrected chi connectivity index (χ3v) is 4.19. The highest BCUT2D eigenvalue weighted by atomic mass is 79.9. The predicted octanol–water partition coefficient (Wildman–Crippen LogP) is 3.45. The van der Waals surface area contributed by atoms with E-state index in [1.165, 1.54) is 0 Å². The van der Waals surface area contributed by atoms with Crippen molar-refractivity contribution >= 4 is 21.9 Å². The molecule has 2 heterocycles. The Balaban J connectivity index is 2.07. The summed E-state index contributed by atoms with van der Waals surface area (Å²) in [6.07, 6.45) is 2.49. The molecule has 22 heavy (non-hydrogen) atoms. The molecule has 1 aliphatic heterocycles. The Labute approximate surface area is 137 Å². The fourth-order valence-corrected chi connectivity index (χ4v) is 2.87. The van der Waals surface area contributed by atoms with Crippen LogP contribution in [0.4, 0.5) is 0 Å². The fraction of sp³-hybridized carbons (Fsp3) is 0.375. The van der Waals surface area contributed by atoms with Gasteiger partial charge in [-0.1, -0.05) is 28.1 Å². The molecule has 1 aromatic carbocycles. The summed E-state index contributed by atoms with van der Waals surface area (Å²) in [5, 5.41) is 4.42. The lowest BCUT2D eigenvalue weighted by molar-refractivity contribution is 0.0527. The van der Waals surface area contributed by atoms with Crippen LogP contribution in [-0.2, 0) is 9.47 Å². The standard InChI is InChI=1S/C16H17BrN2O3/c1-2-22-16(20)14-9-18-19(13-7-8-21-10-13)15(14)11-3-5-12(17)6-4-11/h3-6,9,13H,2,7-8,10H2,1H3/t13-/m0/s1. The van der Waals surface area contributed by atoms with Crippen LogP contribution in [-0.4, -0.2) is 35.6 Å². The third kappa shape index (κ3) is 2.94. The first-order valence-corrected chi connectivity index (χ1v) is 8.08. The Bertz CT molecular complexity index is 661. The van der Waals surface area contributed by atoms with Gasteiger partial charge in [0.05, 0.1) is 31.1 Å². The van der Waals surface area contributed by atoms with E-state index in [0.717, 1.165) is 28.8 Å². The number of hydrogen-bond acceptors (Lipinski definition) is 4. The van der Waals surface area contributed by atoms with Crippen molar-refractivity contribution in [1.82, 2.24) is 9.78 Å². The first kappa shape index (κ1) is 15.2. The second-order valence-electron chi connectivity index (χ2n) is 5.10. The molecule has 2 aromatic rings. The van der Waals surface area contributed by atoms with Gasteiger partial charge in [0, 0.05) is 16.6 Å². The van der Waals surface area contributed by atoms with E-state index in [-0.39, 0.29) is 12.0 Å². The average Bonchev–Trinajstić information content (AvgIpc) is 3.17. The van der Waals surface area contributed by atoms with Gasteiger partial charge in [-0.05, 0) is 25.5 Å². The summed E-state index contributed by atoms with van der Waals surface area (Å²) in [4.78, 5) is 12.2. The maximum absolute atomic E-state index is 12.2. The quantitative estimate of drug-likeness (QED) is 0.779. The fourth-order valence-electron chi connectivity index (χ4n) is 2.61. The van der Waals surface area contributed by atoms with Gasteiger partial charge in [0.2, 0.25) is 0 Å². The molecule has 0 radical (unpaired) electrons. The third-order valence-electron chi connectivity index (χ3n) is 3.66. The van der Waals surface area contributed by atoms with Crippen molar-refractivity contribution in [3.05, 3.63) is 40.5 Å². The molecule has 0 bridgehead atoms. The summed E-state index contributed by atoms with van der Waals surface area (Å²) >= 11 is 3.43. The number of carbonyl (C=O) groups is 1. The number of rotatable bonds is 4. The highest BCUT2D eigenvalue weighted by Crippen LogP contribution is 2.31. The van der Waals surface area contributed by atoms with E-state index in [9.17, 15) is 4.79 Å². The maximum Gasteiger partial charge on any atom is 0.341 e. The van der Waals surface area contributed by atoms with Crippen molar-refractivity contribution in [2.24, 2.45) is 0 Å². The van der Waals surface area contributed by atoms with Gasteiger partial charge in [-0.3, -0.25) is 4.68 Å². The van der Waals surface area contributed by atoms with Gasteiger partial charge < -0.3 is 9.47 Å². The Morgan fingerprint density at radius 3 is 2.86 bits per heavy atom. The highest BCUT2D eigenvalue weighted by molar-refractivity contribution is 9.10. The van der Waals surface area contributed by atoms with E-state index in [1.807, 2.05) is 28.9 Å². The molecule has 1 atom stereocenters. The lowest BCUT2D eigenvalue weighted by Gasteiger charge is -2.14. The summed E-state index contributed by atoms with van der Waals surface area (Å²) < 4.78 is 13.5. The van der Waals surface area contributed by atoms with Crippen LogP contribution in [0.1, 0.15) is 29.7 Å². The second kappa shape index (κ2) is 6.62. The molecular weight excluding hydrogens is 348 g/mol. The Kier molecular flexibility index (Phi) is 4.59. The van der Waals surface area contributed by atoms with Crippen LogP contribution in [0.3, 0.4) is 0 Å². The number of ether oxygens (including phenoxy) is 2. The summed E-state index contributed by atoms with van der Waals surface area (Å²) in [5.74, 6) is -0.342. The number of benzene rings is 1. The molecule has 0 saturated carbocycles. The SMILES string of the molecule is CCOC(=O)c1cnn([C@H]2CCOC2)c1-c1ccc(Br)cc1. The molecule has 1 aromatic heterocycles. The molecular formula is C16H17BrN2O3.